The van der Waals surface area contributed by atoms with Crippen molar-refractivity contribution in [3.63, 3.8) is 0 Å². The molecular weight excluding hydrogens is 890 g/mol. The molecule has 2 aromatic heterocycles. The number of nitrogens with zero attached hydrogens (tertiary/aromatic N) is 3. The Kier molecular flexibility index (Phi) is 7.29. The van der Waals surface area contributed by atoms with Crippen LogP contribution in [-0.4, -0.2) is 19.6 Å². The number of aromatic hydroxyl groups is 1. The Morgan fingerprint density at radius 3 is 2.10 bits per heavy atom. The molecule has 58 heavy (non-hydrogen) atoms. The first-order valence-electron chi connectivity index (χ1n) is 25.6. The number of aromatic nitrogens is 3. The first-order chi connectivity index (χ1) is 33.0. The van der Waals surface area contributed by atoms with Crippen molar-refractivity contribution in [1.29, 1.82) is 0 Å². The number of hydrogen-bond donors (Lipinski definition) is 1. The van der Waals surface area contributed by atoms with Gasteiger partial charge in [0.05, 0.1) is 27.8 Å². The third kappa shape index (κ3) is 7.96. The molecule has 4 nitrogen and oxygen atoms in total. The van der Waals surface area contributed by atoms with Gasteiger partial charge >= 0.3 is 0 Å². The van der Waals surface area contributed by atoms with E-state index < -0.39 is 67.0 Å². The van der Waals surface area contributed by atoms with Gasteiger partial charge in [0, 0.05) is 52.2 Å². The number of hydrogen-bond acceptors (Lipinski definition) is 3. The standard InChI is InChI=1S/C53H50N3O.Pt/c1-34(2)37-23-26-47(45(32-37)36-15-10-9-11-16-36)56-48-19-14-18-43(50(48)55-51(56)44-17-12-13-20-49(44)57)39-29-40(31-42(30-39)53(6,7)8)46-33-38(27-28-54-46)35-21-24-41(25-22-35)52(3,4)5;/h9-28,30-34,57H,1-8H3;/q-1;/i3D3,4D3,5D3,21D,22D,24D,25D,34D;. The van der Waals surface area contributed by atoms with E-state index in [0.29, 0.717) is 44.8 Å². The van der Waals surface area contributed by atoms with Gasteiger partial charge in [0.1, 0.15) is 11.6 Å². The molecule has 0 aliphatic carbocycles. The molecule has 2 heterocycles. The van der Waals surface area contributed by atoms with Crippen LogP contribution in [0.4, 0.5) is 0 Å². The number of imidazole rings is 1. The number of benzene rings is 6. The maximum atomic E-state index is 11.4. The summed E-state index contributed by atoms with van der Waals surface area (Å²) in [5.41, 5.74) is 2.40. The number of pyridine rings is 1. The van der Waals surface area contributed by atoms with E-state index in [1.165, 1.54) is 18.3 Å². The van der Waals surface area contributed by atoms with Crippen molar-refractivity contribution in [3.05, 3.63) is 168 Å². The van der Waals surface area contributed by atoms with Crippen molar-refractivity contribution in [1.82, 2.24) is 14.5 Å². The molecule has 8 aromatic rings. The van der Waals surface area contributed by atoms with Crippen molar-refractivity contribution < 1.29 is 45.4 Å². The molecule has 0 amide bonds. The zero-order valence-corrected chi connectivity index (χ0v) is 34.9. The fourth-order valence-electron chi connectivity index (χ4n) is 6.96. The molecule has 0 fully saturated rings. The molecule has 1 N–H and O–H groups in total. The quantitative estimate of drug-likeness (QED) is 0.162. The van der Waals surface area contributed by atoms with E-state index in [0.717, 1.165) is 27.9 Å². The molecule has 8 rings (SSSR count). The Morgan fingerprint density at radius 2 is 1.40 bits per heavy atom. The van der Waals surface area contributed by atoms with E-state index in [1.807, 2.05) is 124 Å². The maximum absolute atomic E-state index is 11.4. The molecule has 0 unspecified atom stereocenters. The summed E-state index contributed by atoms with van der Waals surface area (Å²) < 4.78 is 121. The van der Waals surface area contributed by atoms with Crippen molar-refractivity contribution in [2.45, 2.75) is 71.9 Å². The summed E-state index contributed by atoms with van der Waals surface area (Å²) in [6, 6.07) is 35.1. The average molecular weight is 954 g/mol. The van der Waals surface area contributed by atoms with Crippen LogP contribution < -0.4 is 0 Å². The van der Waals surface area contributed by atoms with Crippen LogP contribution in [0, 0.1) is 6.07 Å². The average Bonchev–Trinajstić information content (AvgIpc) is 3.67. The van der Waals surface area contributed by atoms with Crippen LogP contribution in [0.5, 0.6) is 5.75 Å². The minimum atomic E-state index is -3.81. The van der Waals surface area contributed by atoms with E-state index in [4.69, 9.17) is 24.2 Å². The molecule has 5 heteroatoms. The Hall–Kier alpha value is -5.57. The van der Waals surface area contributed by atoms with E-state index in [-0.39, 0.29) is 37.9 Å². The van der Waals surface area contributed by atoms with Gasteiger partial charge < -0.3 is 5.11 Å². The largest absolute Gasteiger partial charge is 0.507 e. The summed E-state index contributed by atoms with van der Waals surface area (Å²) in [6.07, 6.45) is 1.40. The van der Waals surface area contributed by atoms with Crippen molar-refractivity contribution in [2.75, 3.05) is 0 Å². The molecule has 0 spiro atoms. The number of phenolic OH excluding ortho intramolecular Hbond substituents is 1. The Balaban J connectivity index is 0.00000760. The monoisotopic (exact) mass is 953 g/mol. The zero-order chi connectivity index (χ0) is 52.0. The molecule has 6 aromatic carbocycles. The number of para-hydroxylation sites is 2. The SMILES string of the molecule is [2H]c1c([2H])c(C(C([2H])([2H])[2H])(C([2H])([2H])[2H])C([2H])([2H])[2H])c([2H])c([2H])c1-c1ccnc(-c2[c-]c(-c3cccc4c3nc(-c3ccccc3O)n4-c3ccc(C([2H])(C)C)cc3-c3ccccc3)cc(C(C)(C)C)c2)c1.[Pt]. The van der Waals surface area contributed by atoms with E-state index in [9.17, 15) is 5.11 Å². The minimum absolute atomic E-state index is 0. The van der Waals surface area contributed by atoms with Gasteiger partial charge in [-0.05, 0) is 80.9 Å². The first kappa shape index (κ1) is 26.4. The summed E-state index contributed by atoms with van der Waals surface area (Å²) in [5, 5.41) is 11.4. The molecule has 0 atom stereocenters. The zero-order valence-electron chi connectivity index (χ0n) is 46.7. The predicted molar refractivity (Wildman–Crippen MR) is 238 cm³/mol. The first-order valence-corrected chi connectivity index (χ1v) is 18.6. The number of fused-ring (bicyclic) bond motifs is 1. The van der Waals surface area contributed by atoms with Crippen molar-refractivity contribution >= 4 is 11.0 Å². The fourth-order valence-corrected chi connectivity index (χ4v) is 6.96. The molecule has 0 saturated heterocycles. The smallest absolute Gasteiger partial charge is 0.148 e. The maximum Gasteiger partial charge on any atom is 0.148 e. The normalized spacial score (nSPS) is 16.2. The Labute approximate surface area is 377 Å². The summed E-state index contributed by atoms with van der Waals surface area (Å²) in [4.78, 5) is 9.96. The topological polar surface area (TPSA) is 50.9 Å². The van der Waals surface area contributed by atoms with Gasteiger partial charge in [-0.3, -0.25) is 9.55 Å². The van der Waals surface area contributed by atoms with Crippen LogP contribution in [0.25, 0.3) is 72.7 Å². The van der Waals surface area contributed by atoms with Crippen molar-refractivity contribution in [2.24, 2.45) is 0 Å². The van der Waals surface area contributed by atoms with Gasteiger partial charge in [0.2, 0.25) is 0 Å². The Morgan fingerprint density at radius 1 is 0.690 bits per heavy atom. The molecule has 0 bridgehead atoms. The van der Waals surface area contributed by atoms with Crippen LogP contribution >= 0.6 is 0 Å². The third-order valence-electron chi connectivity index (χ3n) is 10.1. The van der Waals surface area contributed by atoms with E-state index in [1.54, 1.807) is 18.2 Å². The van der Waals surface area contributed by atoms with Crippen LogP contribution in [0.15, 0.2) is 146 Å². The predicted octanol–water partition coefficient (Wildman–Crippen LogP) is 14.0. The second-order valence-electron chi connectivity index (χ2n) is 15.4. The second kappa shape index (κ2) is 16.0. The molecule has 0 radical (unpaired) electrons. The Bertz CT molecular complexity index is 3300. The summed E-state index contributed by atoms with van der Waals surface area (Å²) in [5.74, 6) is -0.425. The summed E-state index contributed by atoms with van der Waals surface area (Å²) in [7, 11) is 0. The van der Waals surface area contributed by atoms with Gasteiger partial charge in [-0.1, -0.05) is 157 Å². The van der Waals surface area contributed by atoms with Gasteiger partial charge in [-0.15, -0.1) is 29.3 Å². The van der Waals surface area contributed by atoms with Crippen LogP contribution in [0.2, 0.25) is 0 Å². The van der Waals surface area contributed by atoms with Crippen LogP contribution in [-0.2, 0) is 31.9 Å². The van der Waals surface area contributed by atoms with Crippen molar-refractivity contribution in [3.8, 4) is 67.5 Å². The van der Waals surface area contributed by atoms with Crippen LogP contribution in [0.1, 0.15) is 96.9 Å². The van der Waals surface area contributed by atoms with Gasteiger partial charge in [0.25, 0.3) is 0 Å². The third-order valence-corrected chi connectivity index (χ3v) is 10.1. The van der Waals surface area contributed by atoms with Gasteiger partial charge in [-0.25, -0.2) is 4.98 Å². The van der Waals surface area contributed by atoms with Crippen LogP contribution in [0.3, 0.4) is 0 Å². The van der Waals surface area contributed by atoms with Gasteiger partial charge in [-0.2, -0.15) is 0 Å². The van der Waals surface area contributed by atoms with E-state index >= 15 is 0 Å². The van der Waals surface area contributed by atoms with Gasteiger partial charge in [0.15, 0.2) is 0 Å². The minimum Gasteiger partial charge on any atom is -0.507 e. The number of rotatable bonds is 7. The summed E-state index contributed by atoms with van der Waals surface area (Å²) in [6.45, 7) is -1.62. The molecule has 0 saturated carbocycles. The molecule has 0 aliphatic rings. The van der Waals surface area contributed by atoms with E-state index in [2.05, 4.69) is 11.1 Å². The second-order valence-corrected chi connectivity index (χ2v) is 15.4. The molecule has 0 aliphatic heterocycles. The fraction of sp³-hybridized carbons (Fsp3) is 0.208. The summed E-state index contributed by atoms with van der Waals surface area (Å²) >= 11 is 0. The molecular formula is C53H50N3OPt-. The molecule has 294 valence electrons. The number of phenols is 1.